The number of benzene rings is 1. The molecule has 1 aliphatic heterocycles. The number of para-hydroxylation sites is 2. The summed E-state index contributed by atoms with van der Waals surface area (Å²) in [5.41, 5.74) is 0. The van der Waals surface area contributed by atoms with Crippen molar-refractivity contribution in [1.29, 1.82) is 0 Å². The summed E-state index contributed by atoms with van der Waals surface area (Å²) >= 11 is 0. The first-order chi connectivity index (χ1) is 10.3. The summed E-state index contributed by atoms with van der Waals surface area (Å²) in [4.78, 5) is 11.8. The average molecular weight is 329 g/mol. The van der Waals surface area contributed by atoms with Gasteiger partial charge in [-0.15, -0.1) is 12.4 Å². The molecule has 1 aromatic carbocycles. The number of rotatable bonds is 8. The third kappa shape index (κ3) is 6.12. The van der Waals surface area contributed by atoms with E-state index in [4.69, 9.17) is 9.47 Å². The molecule has 1 atom stereocenters. The van der Waals surface area contributed by atoms with Gasteiger partial charge in [0.25, 0.3) is 0 Å². The average Bonchev–Trinajstić information content (AvgIpc) is 2.98. The Hall–Kier alpha value is -1.46. The predicted octanol–water partition coefficient (Wildman–Crippen LogP) is 2.14. The lowest BCUT2D eigenvalue weighted by molar-refractivity contribution is -0.121. The van der Waals surface area contributed by atoms with Crippen LogP contribution in [0.3, 0.4) is 0 Å². The van der Waals surface area contributed by atoms with Gasteiger partial charge < -0.3 is 20.1 Å². The third-order valence-electron chi connectivity index (χ3n) is 3.38. The highest BCUT2D eigenvalue weighted by Gasteiger charge is 2.16. The van der Waals surface area contributed by atoms with Crippen molar-refractivity contribution in [3.8, 4) is 11.5 Å². The van der Waals surface area contributed by atoms with E-state index >= 15 is 0 Å². The van der Waals surface area contributed by atoms with E-state index < -0.39 is 0 Å². The van der Waals surface area contributed by atoms with Crippen LogP contribution in [0.15, 0.2) is 24.3 Å². The number of halogens is 1. The molecule has 0 aromatic heterocycles. The number of hydrogen-bond acceptors (Lipinski definition) is 4. The van der Waals surface area contributed by atoms with Crippen molar-refractivity contribution in [2.45, 2.75) is 32.2 Å². The molecule has 1 amide bonds. The van der Waals surface area contributed by atoms with Crippen LogP contribution in [0.5, 0.6) is 11.5 Å². The van der Waals surface area contributed by atoms with Crippen LogP contribution in [0.1, 0.15) is 26.2 Å². The summed E-state index contributed by atoms with van der Waals surface area (Å²) in [6.45, 7) is 4.93. The van der Waals surface area contributed by atoms with Crippen LogP contribution in [0.2, 0.25) is 0 Å². The van der Waals surface area contributed by atoms with Crippen LogP contribution in [-0.4, -0.2) is 38.3 Å². The third-order valence-corrected chi connectivity index (χ3v) is 3.38. The molecule has 1 saturated heterocycles. The van der Waals surface area contributed by atoms with Crippen LogP contribution < -0.4 is 20.1 Å². The van der Waals surface area contributed by atoms with Crippen molar-refractivity contribution in [2.24, 2.45) is 0 Å². The van der Waals surface area contributed by atoms with E-state index in [9.17, 15) is 4.79 Å². The molecule has 5 nitrogen and oxygen atoms in total. The number of carbonyl (C=O) groups is 1. The summed E-state index contributed by atoms with van der Waals surface area (Å²) in [6, 6.07) is 7.89. The van der Waals surface area contributed by atoms with Gasteiger partial charge in [-0.1, -0.05) is 12.1 Å². The highest BCUT2D eigenvalue weighted by Crippen LogP contribution is 2.26. The maximum atomic E-state index is 11.8. The van der Waals surface area contributed by atoms with Crippen molar-refractivity contribution in [3.05, 3.63) is 24.3 Å². The molecule has 0 spiro atoms. The zero-order valence-electron chi connectivity index (χ0n) is 13.0. The summed E-state index contributed by atoms with van der Waals surface area (Å²) in [5.74, 6) is 1.59. The Labute approximate surface area is 138 Å². The Morgan fingerprint density at radius 1 is 1.32 bits per heavy atom. The Bertz CT molecular complexity index is 451. The van der Waals surface area contributed by atoms with Gasteiger partial charge in [0.05, 0.1) is 13.2 Å². The quantitative estimate of drug-likeness (QED) is 0.718. The van der Waals surface area contributed by atoms with Gasteiger partial charge in [0.2, 0.25) is 5.91 Å². The normalized spacial score (nSPS) is 16.7. The first-order valence-electron chi connectivity index (χ1n) is 7.64. The van der Waals surface area contributed by atoms with Crippen molar-refractivity contribution in [1.82, 2.24) is 10.6 Å². The number of hydrogen-bond donors (Lipinski definition) is 2. The maximum Gasteiger partial charge on any atom is 0.220 e. The molecule has 6 heteroatoms. The molecule has 2 N–H and O–H groups in total. The van der Waals surface area contributed by atoms with E-state index in [-0.39, 0.29) is 24.4 Å². The van der Waals surface area contributed by atoms with E-state index in [1.54, 1.807) is 0 Å². The van der Waals surface area contributed by atoms with Crippen LogP contribution in [0, 0.1) is 0 Å². The fraction of sp³-hybridized carbons (Fsp3) is 0.562. The van der Waals surface area contributed by atoms with Crippen molar-refractivity contribution < 1.29 is 14.3 Å². The van der Waals surface area contributed by atoms with Gasteiger partial charge in [-0.3, -0.25) is 4.79 Å². The molecule has 1 aromatic rings. The minimum atomic E-state index is 0. The Balaban J connectivity index is 0.00000242. The Kier molecular flexibility index (Phi) is 8.70. The van der Waals surface area contributed by atoms with Crippen LogP contribution in [0.4, 0.5) is 0 Å². The summed E-state index contributed by atoms with van der Waals surface area (Å²) in [5, 5.41) is 6.26. The first kappa shape index (κ1) is 18.6. The van der Waals surface area contributed by atoms with E-state index in [1.807, 2.05) is 31.2 Å². The van der Waals surface area contributed by atoms with Gasteiger partial charge in [-0.2, -0.15) is 0 Å². The molecular formula is C16H25ClN2O3. The largest absolute Gasteiger partial charge is 0.490 e. The molecule has 1 unspecified atom stereocenters. The SMILES string of the molecule is CCOc1ccccc1OCCCC(=O)NC1CCNC1.Cl. The highest BCUT2D eigenvalue weighted by molar-refractivity contribution is 5.85. The first-order valence-corrected chi connectivity index (χ1v) is 7.64. The Morgan fingerprint density at radius 2 is 2.05 bits per heavy atom. The van der Waals surface area contributed by atoms with Crippen LogP contribution in [-0.2, 0) is 4.79 Å². The molecule has 0 radical (unpaired) electrons. The van der Waals surface area contributed by atoms with E-state index in [0.29, 0.717) is 26.1 Å². The summed E-state index contributed by atoms with van der Waals surface area (Å²) in [7, 11) is 0. The number of carbonyl (C=O) groups excluding carboxylic acids is 1. The van der Waals surface area contributed by atoms with Gasteiger partial charge in [0.1, 0.15) is 0 Å². The van der Waals surface area contributed by atoms with E-state index in [2.05, 4.69) is 10.6 Å². The molecule has 1 heterocycles. The van der Waals surface area contributed by atoms with Crippen molar-refractivity contribution in [2.75, 3.05) is 26.3 Å². The molecule has 1 aliphatic rings. The van der Waals surface area contributed by atoms with Gasteiger partial charge in [-0.05, 0) is 38.4 Å². The van der Waals surface area contributed by atoms with Crippen molar-refractivity contribution >= 4 is 18.3 Å². The van der Waals surface area contributed by atoms with E-state index in [1.165, 1.54) is 0 Å². The molecule has 0 bridgehead atoms. The number of amides is 1. The lowest BCUT2D eigenvalue weighted by atomic mass is 10.2. The van der Waals surface area contributed by atoms with Gasteiger partial charge >= 0.3 is 0 Å². The fourth-order valence-electron chi connectivity index (χ4n) is 2.34. The van der Waals surface area contributed by atoms with Gasteiger partial charge in [0.15, 0.2) is 11.5 Å². The monoisotopic (exact) mass is 328 g/mol. The summed E-state index contributed by atoms with van der Waals surface area (Å²) < 4.78 is 11.2. The second kappa shape index (κ2) is 10.3. The zero-order chi connectivity index (χ0) is 14.9. The highest BCUT2D eigenvalue weighted by atomic mass is 35.5. The second-order valence-electron chi connectivity index (χ2n) is 5.09. The standard InChI is InChI=1S/C16H24N2O3.ClH/c1-2-20-14-6-3-4-7-15(14)21-11-5-8-16(19)18-13-9-10-17-12-13;/h3-4,6-7,13,17H,2,5,8-12H2,1H3,(H,18,19);1H. The number of nitrogens with one attached hydrogen (secondary N) is 2. The van der Waals surface area contributed by atoms with Crippen molar-refractivity contribution in [3.63, 3.8) is 0 Å². The molecular weight excluding hydrogens is 304 g/mol. The Morgan fingerprint density at radius 3 is 2.68 bits per heavy atom. The zero-order valence-corrected chi connectivity index (χ0v) is 13.8. The molecule has 22 heavy (non-hydrogen) atoms. The minimum Gasteiger partial charge on any atom is -0.490 e. The lowest BCUT2D eigenvalue weighted by Crippen LogP contribution is -2.36. The molecule has 1 fully saturated rings. The second-order valence-corrected chi connectivity index (χ2v) is 5.09. The van der Waals surface area contributed by atoms with Crippen LogP contribution in [0.25, 0.3) is 0 Å². The maximum absolute atomic E-state index is 11.8. The summed E-state index contributed by atoms with van der Waals surface area (Å²) in [6.07, 6.45) is 2.21. The topological polar surface area (TPSA) is 59.6 Å². The van der Waals surface area contributed by atoms with E-state index in [0.717, 1.165) is 31.0 Å². The number of ether oxygens (including phenoxy) is 2. The molecule has 124 valence electrons. The van der Waals surface area contributed by atoms with Crippen LogP contribution >= 0.6 is 12.4 Å². The molecule has 2 rings (SSSR count). The lowest BCUT2D eigenvalue weighted by Gasteiger charge is -2.13. The van der Waals surface area contributed by atoms with Gasteiger partial charge in [0, 0.05) is 19.0 Å². The molecule has 0 saturated carbocycles. The smallest absolute Gasteiger partial charge is 0.220 e. The predicted molar refractivity (Wildman–Crippen MR) is 89.0 cm³/mol. The molecule has 0 aliphatic carbocycles. The minimum absolute atomic E-state index is 0. The van der Waals surface area contributed by atoms with Gasteiger partial charge in [-0.25, -0.2) is 0 Å². The fourth-order valence-corrected chi connectivity index (χ4v) is 2.34.